The Labute approximate surface area is 128 Å². The summed E-state index contributed by atoms with van der Waals surface area (Å²) in [6.07, 6.45) is 12.7. The fourth-order valence-corrected chi connectivity index (χ4v) is 2.16. The van der Waals surface area contributed by atoms with Crippen LogP contribution in [0.1, 0.15) is 45.4 Å². The van der Waals surface area contributed by atoms with Gasteiger partial charge in [-0.25, -0.2) is 4.98 Å². The SMILES string of the molecule is CCCCCCCCOCC(O)CNCCn1ccnc1. The van der Waals surface area contributed by atoms with E-state index >= 15 is 0 Å². The Bertz CT molecular complexity index is 317. The maximum absolute atomic E-state index is 9.77. The second-order valence-corrected chi connectivity index (χ2v) is 5.50. The van der Waals surface area contributed by atoms with Crippen LogP contribution in [-0.2, 0) is 11.3 Å². The molecule has 0 spiro atoms. The monoisotopic (exact) mass is 297 g/mol. The van der Waals surface area contributed by atoms with Crippen molar-refractivity contribution in [2.24, 2.45) is 0 Å². The van der Waals surface area contributed by atoms with Crippen molar-refractivity contribution in [2.45, 2.75) is 58.1 Å². The number of hydrogen-bond acceptors (Lipinski definition) is 4. The van der Waals surface area contributed by atoms with Crippen LogP contribution in [0.25, 0.3) is 0 Å². The average Bonchev–Trinajstić information content (AvgIpc) is 3.00. The zero-order valence-electron chi connectivity index (χ0n) is 13.3. The number of ether oxygens (including phenoxy) is 1. The third-order valence-corrected chi connectivity index (χ3v) is 3.44. The van der Waals surface area contributed by atoms with E-state index in [1.54, 1.807) is 12.5 Å². The highest BCUT2D eigenvalue weighted by Gasteiger charge is 2.03. The largest absolute Gasteiger partial charge is 0.389 e. The maximum atomic E-state index is 9.77. The fourth-order valence-electron chi connectivity index (χ4n) is 2.16. The molecular weight excluding hydrogens is 266 g/mol. The minimum atomic E-state index is -0.423. The van der Waals surface area contributed by atoms with Gasteiger partial charge >= 0.3 is 0 Å². The van der Waals surface area contributed by atoms with Crippen molar-refractivity contribution in [3.05, 3.63) is 18.7 Å². The number of hydrogen-bond donors (Lipinski definition) is 2. The van der Waals surface area contributed by atoms with Gasteiger partial charge in [0.15, 0.2) is 0 Å². The quantitative estimate of drug-likeness (QED) is 0.517. The standard InChI is InChI=1S/C16H31N3O2/c1-2-3-4-5-6-7-12-21-14-16(20)13-17-8-10-19-11-9-18-15-19/h9,11,15-17,20H,2-8,10,12-14H2,1H3. The van der Waals surface area contributed by atoms with Gasteiger partial charge < -0.3 is 19.7 Å². The molecule has 1 rings (SSSR count). The predicted octanol–water partition coefficient (Wildman–Crippen LogP) is 2.21. The number of unbranched alkanes of at least 4 members (excludes halogenated alkanes) is 5. The minimum Gasteiger partial charge on any atom is -0.389 e. The van der Waals surface area contributed by atoms with Gasteiger partial charge in [-0.2, -0.15) is 0 Å². The molecule has 1 atom stereocenters. The van der Waals surface area contributed by atoms with Crippen molar-refractivity contribution >= 4 is 0 Å². The van der Waals surface area contributed by atoms with Gasteiger partial charge in [0.1, 0.15) is 0 Å². The molecule has 0 aromatic carbocycles. The summed E-state index contributed by atoms with van der Waals surface area (Å²) in [5, 5.41) is 13.0. The van der Waals surface area contributed by atoms with Crippen LogP contribution in [0.5, 0.6) is 0 Å². The van der Waals surface area contributed by atoms with E-state index in [2.05, 4.69) is 17.2 Å². The summed E-state index contributed by atoms with van der Waals surface area (Å²) in [6.45, 7) is 5.68. The van der Waals surface area contributed by atoms with E-state index in [0.717, 1.165) is 26.1 Å². The van der Waals surface area contributed by atoms with E-state index < -0.39 is 6.10 Å². The zero-order valence-corrected chi connectivity index (χ0v) is 13.3. The lowest BCUT2D eigenvalue weighted by molar-refractivity contribution is 0.0354. The lowest BCUT2D eigenvalue weighted by Gasteiger charge is -2.12. The molecule has 5 heteroatoms. The van der Waals surface area contributed by atoms with E-state index in [-0.39, 0.29) is 0 Å². The van der Waals surface area contributed by atoms with Crippen molar-refractivity contribution in [1.29, 1.82) is 0 Å². The molecule has 1 heterocycles. The van der Waals surface area contributed by atoms with Gasteiger partial charge in [-0.1, -0.05) is 39.0 Å². The number of nitrogens with zero attached hydrogens (tertiary/aromatic N) is 2. The maximum Gasteiger partial charge on any atom is 0.0946 e. The minimum absolute atomic E-state index is 0.423. The van der Waals surface area contributed by atoms with Crippen LogP contribution >= 0.6 is 0 Å². The van der Waals surface area contributed by atoms with Crippen molar-refractivity contribution in [3.8, 4) is 0 Å². The van der Waals surface area contributed by atoms with Crippen LogP contribution in [0.15, 0.2) is 18.7 Å². The summed E-state index contributed by atoms with van der Waals surface area (Å²) >= 11 is 0. The van der Waals surface area contributed by atoms with Crippen LogP contribution in [0.3, 0.4) is 0 Å². The number of aliphatic hydroxyl groups excluding tert-OH is 1. The van der Waals surface area contributed by atoms with Crippen LogP contribution in [0.2, 0.25) is 0 Å². The van der Waals surface area contributed by atoms with E-state index in [1.807, 2.05) is 10.8 Å². The Kier molecular flexibility index (Phi) is 11.1. The molecule has 1 aromatic heterocycles. The lowest BCUT2D eigenvalue weighted by atomic mass is 10.1. The number of nitrogens with one attached hydrogen (secondary N) is 1. The van der Waals surface area contributed by atoms with Gasteiger partial charge in [0.2, 0.25) is 0 Å². The molecule has 1 unspecified atom stereocenters. The summed E-state index contributed by atoms with van der Waals surface area (Å²) in [4.78, 5) is 3.98. The Balaban J connectivity index is 1.82. The van der Waals surface area contributed by atoms with Crippen LogP contribution in [0, 0.1) is 0 Å². The molecule has 0 amide bonds. The lowest BCUT2D eigenvalue weighted by Crippen LogP contribution is -2.32. The highest BCUT2D eigenvalue weighted by molar-refractivity contribution is 4.74. The van der Waals surface area contributed by atoms with E-state index in [9.17, 15) is 5.11 Å². The third-order valence-electron chi connectivity index (χ3n) is 3.44. The van der Waals surface area contributed by atoms with Gasteiger partial charge in [0.25, 0.3) is 0 Å². The summed E-state index contributed by atoms with van der Waals surface area (Å²) in [6, 6.07) is 0. The zero-order chi connectivity index (χ0) is 15.2. The molecule has 122 valence electrons. The predicted molar refractivity (Wildman–Crippen MR) is 85.3 cm³/mol. The first-order valence-corrected chi connectivity index (χ1v) is 8.25. The molecule has 0 aliphatic carbocycles. The molecular formula is C16H31N3O2. The molecule has 5 nitrogen and oxygen atoms in total. The number of rotatable bonds is 14. The molecule has 1 aromatic rings. The van der Waals surface area contributed by atoms with Gasteiger partial charge in [-0.15, -0.1) is 0 Å². The van der Waals surface area contributed by atoms with Gasteiger partial charge in [-0.05, 0) is 6.42 Å². The molecule has 0 bridgehead atoms. The van der Waals surface area contributed by atoms with Crippen LogP contribution in [0.4, 0.5) is 0 Å². The van der Waals surface area contributed by atoms with Crippen molar-refractivity contribution in [3.63, 3.8) is 0 Å². The summed E-state index contributed by atoms with van der Waals surface area (Å²) in [5.74, 6) is 0. The molecule has 0 saturated heterocycles. The molecule has 0 saturated carbocycles. The van der Waals surface area contributed by atoms with Crippen molar-refractivity contribution in [1.82, 2.24) is 14.9 Å². The van der Waals surface area contributed by atoms with Crippen molar-refractivity contribution in [2.75, 3.05) is 26.3 Å². The Morgan fingerprint density at radius 1 is 1.24 bits per heavy atom. The second-order valence-electron chi connectivity index (χ2n) is 5.50. The van der Waals surface area contributed by atoms with Crippen LogP contribution < -0.4 is 5.32 Å². The topological polar surface area (TPSA) is 59.3 Å². The fraction of sp³-hybridized carbons (Fsp3) is 0.812. The first kappa shape index (κ1) is 18.1. The first-order valence-electron chi connectivity index (χ1n) is 8.25. The molecule has 0 aliphatic rings. The summed E-state index contributed by atoms with van der Waals surface area (Å²) in [5.41, 5.74) is 0. The van der Waals surface area contributed by atoms with Crippen LogP contribution in [-0.4, -0.2) is 47.1 Å². The third kappa shape index (κ3) is 10.5. The molecule has 2 N–H and O–H groups in total. The highest BCUT2D eigenvalue weighted by atomic mass is 16.5. The first-order chi connectivity index (χ1) is 10.3. The summed E-state index contributed by atoms with van der Waals surface area (Å²) in [7, 11) is 0. The average molecular weight is 297 g/mol. The van der Waals surface area contributed by atoms with Gasteiger partial charge in [-0.3, -0.25) is 0 Å². The van der Waals surface area contributed by atoms with E-state index in [0.29, 0.717) is 13.2 Å². The molecule has 21 heavy (non-hydrogen) atoms. The number of aliphatic hydroxyl groups is 1. The summed E-state index contributed by atoms with van der Waals surface area (Å²) < 4.78 is 7.51. The highest BCUT2D eigenvalue weighted by Crippen LogP contribution is 2.04. The van der Waals surface area contributed by atoms with Gasteiger partial charge in [0, 0.05) is 38.6 Å². The molecule has 0 fully saturated rings. The number of aromatic nitrogens is 2. The van der Waals surface area contributed by atoms with E-state index in [1.165, 1.54) is 32.1 Å². The molecule has 0 radical (unpaired) electrons. The van der Waals surface area contributed by atoms with Gasteiger partial charge in [0.05, 0.1) is 19.0 Å². The normalized spacial score (nSPS) is 12.7. The smallest absolute Gasteiger partial charge is 0.0946 e. The number of imidazole rings is 1. The Hall–Kier alpha value is -0.910. The Morgan fingerprint density at radius 2 is 2.05 bits per heavy atom. The van der Waals surface area contributed by atoms with Crippen molar-refractivity contribution < 1.29 is 9.84 Å². The second kappa shape index (κ2) is 12.8. The Morgan fingerprint density at radius 3 is 2.81 bits per heavy atom. The molecule has 0 aliphatic heterocycles. The van der Waals surface area contributed by atoms with E-state index in [4.69, 9.17) is 4.74 Å².